The number of benzene rings is 1. The van der Waals surface area contributed by atoms with Gasteiger partial charge in [-0.2, -0.15) is 5.10 Å². The normalized spacial score (nSPS) is 13.1. The topological polar surface area (TPSA) is 58.1 Å². The maximum Gasteiger partial charge on any atom is 0.119 e. The van der Waals surface area contributed by atoms with Crippen LogP contribution in [0, 0.1) is 0 Å². The van der Waals surface area contributed by atoms with Gasteiger partial charge in [0.15, 0.2) is 0 Å². The maximum absolute atomic E-state index is 9.22. The Hall–Kier alpha value is -1.81. The van der Waals surface area contributed by atoms with Crippen LogP contribution in [-0.2, 0) is 19.4 Å². The van der Waals surface area contributed by atoms with E-state index in [0.717, 1.165) is 41.1 Å². The van der Waals surface area contributed by atoms with Crippen molar-refractivity contribution in [3.05, 3.63) is 35.0 Å². The second kappa shape index (κ2) is 3.89. The van der Waals surface area contributed by atoms with Crippen molar-refractivity contribution < 1.29 is 9.84 Å². The minimum Gasteiger partial charge on any atom is -0.497 e. The second-order valence-electron chi connectivity index (χ2n) is 4.21. The van der Waals surface area contributed by atoms with Gasteiger partial charge in [0, 0.05) is 11.1 Å². The molecule has 0 aliphatic heterocycles. The number of aromatic nitrogens is 2. The summed E-state index contributed by atoms with van der Waals surface area (Å²) >= 11 is 0. The molecule has 0 unspecified atom stereocenters. The van der Waals surface area contributed by atoms with Gasteiger partial charge < -0.3 is 9.84 Å². The van der Waals surface area contributed by atoms with Gasteiger partial charge in [0.05, 0.1) is 25.1 Å². The number of aliphatic hydroxyl groups excluding tert-OH is 1. The monoisotopic (exact) mass is 230 g/mol. The van der Waals surface area contributed by atoms with E-state index in [9.17, 15) is 5.11 Å². The van der Waals surface area contributed by atoms with E-state index in [0.29, 0.717) is 0 Å². The van der Waals surface area contributed by atoms with Crippen molar-refractivity contribution in [3.63, 3.8) is 0 Å². The molecule has 0 saturated heterocycles. The van der Waals surface area contributed by atoms with Gasteiger partial charge in [-0.1, -0.05) is 0 Å². The standard InChI is InChI=1S/C13H14N2O2/c1-17-9-3-5-10-8(6-9)2-4-11-12(7-16)14-15-13(10)11/h3,5-6,16H,2,4,7H2,1H3,(H,14,15). The third-order valence-electron chi connectivity index (χ3n) is 3.32. The van der Waals surface area contributed by atoms with Crippen LogP contribution in [0.25, 0.3) is 11.3 Å². The van der Waals surface area contributed by atoms with Crippen molar-refractivity contribution in [2.75, 3.05) is 7.11 Å². The van der Waals surface area contributed by atoms with Crippen molar-refractivity contribution in [2.24, 2.45) is 0 Å². The van der Waals surface area contributed by atoms with Gasteiger partial charge in [0.1, 0.15) is 5.75 Å². The van der Waals surface area contributed by atoms with Gasteiger partial charge in [0.25, 0.3) is 0 Å². The van der Waals surface area contributed by atoms with E-state index in [-0.39, 0.29) is 6.61 Å². The Morgan fingerprint density at radius 1 is 1.41 bits per heavy atom. The van der Waals surface area contributed by atoms with E-state index in [1.807, 2.05) is 12.1 Å². The number of fused-ring (bicyclic) bond motifs is 3. The Balaban J connectivity index is 2.14. The number of methoxy groups -OCH3 is 1. The molecule has 0 fully saturated rings. The number of nitrogens with one attached hydrogen (secondary N) is 1. The SMILES string of the molecule is COc1ccc2c(c1)CCc1c-2n[nH]c1CO. The Kier molecular flexibility index (Phi) is 2.37. The van der Waals surface area contributed by atoms with Crippen molar-refractivity contribution in [2.45, 2.75) is 19.4 Å². The van der Waals surface area contributed by atoms with Crippen LogP contribution in [0.4, 0.5) is 0 Å². The molecule has 2 aromatic rings. The first-order chi connectivity index (χ1) is 8.33. The van der Waals surface area contributed by atoms with Crippen molar-refractivity contribution in [1.29, 1.82) is 0 Å². The molecular formula is C13H14N2O2. The molecule has 2 N–H and O–H groups in total. The van der Waals surface area contributed by atoms with Crippen LogP contribution < -0.4 is 4.74 Å². The fourth-order valence-corrected chi connectivity index (χ4v) is 2.42. The van der Waals surface area contributed by atoms with Crippen LogP contribution in [0.2, 0.25) is 0 Å². The van der Waals surface area contributed by atoms with Crippen LogP contribution in [-0.4, -0.2) is 22.4 Å². The molecule has 0 atom stereocenters. The molecule has 0 amide bonds. The lowest BCUT2D eigenvalue weighted by atomic mass is 9.89. The number of nitrogens with zero attached hydrogens (tertiary/aromatic N) is 1. The highest BCUT2D eigenvalue weighted by molar-refractivity contribution is 5.71. The Morgan fingerprint density at radius 3 is 3.06 bits per heavy atom. The summed E-state index contributed by atoms with van der Waals surface area (Å²) in [4.78, 5) is 0. The number of hydrogen-bond donors (Lipinski definition) is 2. The Morgan fingerprint density at radius 2 is 2.29 bits per heavy atom. The number of rotatable bonds is 2. The molecule has 1 aromatic heterocycles. The fourth-order valence-electron chi connectivity index (χ4n) is 2.42. The number of aryl methyl sites for hydroxylation is 1. The zero-order valence-corrected chi connectivity index (χ0v) is 9.66. The molecular weight excluding hydrogens is 216 g/mol. The smallest absolute Gasteiger partial charge is 0.119 e. The van der Waals surface area contributed by atoms with Gasteiger partial charge in [-0.15, -0.1) is 0 Å². The summed E-state index contributed by atoms with van der Waals surface area (Å²) < 4.78 is 5.23. The molecule has 0 saturated carbocycles. The predicted molar refractivity (Wildman–Crippen MR) is 63.9 cm³/mol. The summed E-state index contributed by atoms with van der Waals surface area (Å²) in [7, 11) is 1.67. The Labute approximate surface area is 99.2 Å². The molecule has 1 heterocycles. The van der Waals surface area contributed by atoms with Gasteiger partial charge in [-0.05, 0) is 36.6 Å². The first-order valence-electron chi connectivity index (χ1n) is 5.67. The summed E-state index contributed by atoms with van der Waals surface area (Å²) in [5.74, 6) is 0.880. The minimum atomic E-state index is 0.0216. The molecule has 4 heteroatoms. The first-order valence-corrected chi connectivity index (χ1v) is 5.67. The minimum absolute atomic E-state index is 0.0216. The highest BCUT2D eigenvalue weighted by Gasteiger charge is 2.21. The number of hydrogen-bond acceptors (Lipinski definition) is 3. The lowest BCUT2D eigenvalue weighted by molar-refractivity contribution is 0.275. The second-order valence-corrected chi connectivity index (χ2v) is 4.21. The molecule has 0 radical (unpaired) electrons. The van der Waals surface area contributed by atoms with Gasteiger partial charge >= 0.3 is 0 Å². The molecule has 4 nitrogen and oxygen atoms in total. The molecule has 3 rings (SSSR count). The lowest BCUT2D eigenvalue weighted by Gasteiger charge is -2.16. The average molecular weight is 230 g/mol. The molecule has 17 heavy (non-hydrogen) atoms. The lowest BCUT2D eigenvalue weighted by Crippen LogP contribution is -2.04. The van der Waals surface area contributed by atoms with Crippen LogP contribution in [0.3, 0.4) is 0 Å². The van der Waals surface area contributed by atoms with Crippen LogP contribution in [0.15, 0.2) is 18.2 Å². The number of aliphatic hydroxyl groups is 1. The van der Waals surface area contributed by atoms with Crippen molar-refractivity contribution in [1.82, 2.24) is 10.2 Å². The fraction of sp³-hybridized carbons (Fsp3) is 0.308. The largest absolute Gasteiger partial charge is 0.497 e. The quantitative estimate of drug-likeness (QED) is 0.825. The molecule has 1 aliphatic carbocycles. The number of ether oxygens (including phenoxy) is 1. The number of H-pyrrole nitrogens is 1. The highest BCUT2D eigenvalue weighted by Crippen LogP contribution is 2.35. The van der Waals surface area contributed by atoms with Gasteiger partial charge in [0.2, 0.25) is 0 Å². The van der Waals surface area contributed by atoms with E-state index in [1.165, 1.54) is 5.56 Å². The number of aromatic amines is 1. The molecule has 1 aliphatic rings. The zero-order chi connectivity index (χ0) is 11.8. The van der Waals surface area contributed by atoms with Gasteiger partial charge in [-0.25, -0.2) is 0 Å². The van der Waals surface area contributed by atoms with Crippen molar-refractivity contribution >= 4 is 0 Å². The molecule has 88 valence electrons. The Bertz CT molecular complexity index is 561. The van der Waals surface area contributed by atoms with E-state index in [2.05, 4.69) is 16.3 Å². The summed E-state index contributed by atoms with van der Waals surface area (Å²) in [6.45, 7) is 0.0216. The third kappa shape index (κ3) is 1.52. The van der Waals surface area contributed by atoms with E-state index in [1.54, 1.807) is 7.11 Å². The van der Waals surface area contributed by atoms with E-state index < -0.39 is 0 Å². The maximum atomic E-state index is 9.22. The molecule has 1 aromatic carbocycles. The van der Waals surface area contributed by atoms with Crippen molar-refractivity contribution in [3.8, 4) is 17.0 Å². The predicted octanol–water partition coefficient (Wildman–Crippen LogP) is 1.68. The molecule has 0 bridgehead atoms. The summed E-state index contributed by atoms with van der Waals surface area (Å²) in [5, 5.41) is 16.4. The van der Waals surface area contributed by atoms with Gasteiger partial charge in [-0.3, -0.25) is 5.10 Å². The third-order valence-corrected chi connectivity index (χ3v) is 3.32. The van der Waals surface area contributed by atoms with Crippen LogP contribution in [0.5, 0.6) is 5.75 Å². The first kappa shape index (κ1) is 10.4. The summed E-state index contributed by atoms with van der Waals surface area (Å²) in [5.41, 5.74) is 5.35. The zero-order valence-electron chi connectivity index (χ0n) is 9.66. The van der Waals surface area contributed by atoms with E-state index >= 15 is 0 Å². The summed E-state index contributed by atoms with van der Waals surface area (Å²) in [6.07, 6.45) is 1.88. The van der Waals surface area contributed by atoms with E-state index in [4.69, 9.17) is 4.74 Å². The van der Waals surface area contributed by atoms with Crippen LogP contribution >= 0.6 is 0 Å². The average Bonchev–Trinajstić information content (AvgIpc) is 2.81. The highest BCUT2D eigenvalue weighted by atomic mass is 16.5. The molecule has 0 spiro atoms. The van der Waals surface area contributed by atoms with Crippen LogP contribution in [0.1, 0.15) is 16.8 Å². The summed E-state index contributed by atoms with van der Waals surface area (Å²) in [6, 6.07) is 6.04.